The molecule has 108 valence electrons. The zero-order valence-corrected chi connectivity index (χ0v) is 13.0. The monoisotopic (exact) mass is 271 g/mol. The van der Waals surface area contributed by atoms with Gasteiger partial charge in [-0.3, -0.25) is 4.98 Å². The molecule has 0 saturated heterocycles. The van der Waals surface area contributed by atoms with Gasteiger partial charge in [-0.2, -0.15) is 0 Å². The Labute approximate surface area is 122 Å². The number of rotatable bonds is 6. The van der Waals surface area contributed by atoms with Gasteiger partial charge < -0.3 is 10.2 Å². The second-order valence-electron chi connectivity index (χ2n) is 5.70. The molecule has 1 aromatic carbocycles. The molecule has 0 aliphatic heterocycles. The molecule has 2 aromatic rings. The number of para-hydroxylation sites is 1. The number of hydrogen-bond donors (Lipinski definition) is 1. The number of fused-ring (bicyclic) bond motifs is 1. The van der Waals surface area contributed by atoms with Crippen LogP contribution in [0.15, 0.2) is 30.3 Å². The van der Waals surface area contributed by atoms with Crippen LogP contribution in [0.25, 0.3) is 10.9 Å². The molecule has 20 heavy (non-hydrogen) atoms. The third kappa shape index (κ3) is 3.48. The molecule has 2 rings (SSSR count). The van der Waals surface area contributed by atoms with Crippen molar-refractivity contribution in [3.05, 3.63) is 36.0 Å². The maximum atomic E-state index is 4.75. The van der Waals surface area contributed by atoms with Crippen molar-refractivity contribution >= 4 is 16.6 Å². The fourth-order valence-electron chi connectivity index (χ4n) is 2.52. The predicted octanol–water partition coefficient (Wildman–Crippen LogP) is 3.44. The lowest BCUT2D eigenvalue weighted by Crippen LogP contribution is -2.23. The van der Waals surface area contributed by atoms with E-state index in [2.05, 4.69) is 68.4 Å². The van der Waals surface area contributed by atoms with Crippen LogP contribution in [-0.2, 0) is 6.54 Å². The highest BCUT2D eigenvalue weighted by Gasteiger charge is 2.10. The van der Waals surface area contributed by atoms with E-state index in [0.717, 1.165) is 30.8 Å². The van der Waals surface area contributed by atoms with E-state index < -0.39 is 0 Å². The van der Waals surface area contributed by atoms with Crippen LogP contribution in [0.4, 0.5) is 5.69 Å². The van der Waals surface area contributed by atoms with E-state index in [-0.39, 0.29) is 0 Å². The molecule has 0 aliphatic carbocycles. The summed E-state index contributed by atoms with van der Waals surface area (Å²) in [6.07, 6.45) is 0. The van der Waals surface area contributed by atoms with Gasteiger partial charge in [0.1, 0.15) is 0 Å². The minimum atomic E-state index is 0.643. The Morgan fingerprint density at radius 1 is 1.25 bits per heavy atom. The fraction of sp³-hybridized carbons (Fsp3) is 0.471. The van der Waals surface area contributed by atoms with Gasteiger partial charge in [0.05, 0.1) is 11.2 Å². The van der Waals surface area contributed by atoms with Crippen LogP contribution < -0.4 is 10.2 Å². The Balaban J connectivity index is 2.43. The fourth-order valence-corrected chi connectivity index (χ4v) is 2.52. The quantitative estimate of drug-likeness (QED) is 0.872. The van der Waals surface area contributed by atoms with E-state index in [4.69, 9.17) is 4.98 Å². The molecule has 0 atom stereocenters. The normalized spacial score (nSPS) is 11.2. The van der Waals surface area contributed by atoms with Crippen LogP contribution >= 0.6 is 0 Å². The summed E-state index contributed by atoms with van der Waals surface area (Å²) in [7, 11) is 2.17. The number of aromatic nitrogens is 1. The average Bonchev–Trinajstić information content (AvgIpc) is 2.43. The second kappa shape index (κ2) is 6.71. The summed E-state index contributed by atoms with van der Waals surface area (Å²) in [4.78, 5) is 7.08. The Hall–Kier alpha value is -1.61. The highest BCUT2D eigenvalue weighted by molar-refractivity contribution is 5.91. The van der Waals surface area contributed by atoms with Gasteiger partial charge in [-0.1, -0.05) is 39.0 Å². The molecule has 0 fully saturated rings. The molecule has 0 unspecified atom stereocenters. The van der Waals surface area contributed by atoms with Gasteiger partial charge in [0, 0.05) is 31.2 Å². The smallest absolute Gasteiger partial charge is 0.0726 e. The van der Waals surface area contributed by atoms with Gasteiger partial charge in [-0.15, -0.1) is 0 Å². The molecule has 0 radical (unpaired) electrons. The SMILES string of the molecule is CCNCc1cc(N(C)CC(C)C)c2ccccc2n1. The van der Waals surface area contributed by atoms with Crippen molar-refractivity contribution in [2.45, 2.75) is 27.3 Å². The minimum absolute atomic E-state index is 0.643. The maximum Gasteiger partial charge on any atom is 0.0726 e. The van der Waals surface area contributed by atoms with Crippen molar-refractivity contribution in [2.75, 3.05) is 25.0 Å². The molecule has 0 saturated carbocycles. The van der Waals surface area contributed by atoms with E-state index in [1.165, 1.54) is 11.1 Å². The molecule has 0 bridgehead atoms. The molecule has 0 aliphatic rings. The summed E-state index contributed by atoms with van der Waals surface area (Å²) in [6.45, 7) is 9.45. The second-order valence-corrected chi connectivity index (χ2v) is 5.70. The standard InChI is InChI=1S/C17H25N3/c1-5-18-11-14-10-17(20(4)12-13(2)3)15-8-6-7-9-16(15)19-14/h6-10,13,18H,5,11-12H2,1-4H3. The third-order valence-corrected chi connectivity index (χ3v) is 3.35. The van der Waals surface area contributed by atoms with Gasteiger partial charge >= 0.3 is 0 Å². The predicted molar refractivity (Wildman–Crippen MR) is 87.2 cm³/mol. The number of hydrogen-bond acceptors (Lipinski definition) is 3. The van der Waals surface area contributed by atoms with Crippen LogP contribution in [0.1, 0.15) is 26.5 Å². The van der Waals surface area contributed by atoms with Gasteiger partial charge in [0.2, 0.25) is 0 Å². The van der Waals surface area contributed by atoms with E-state index in [1.54, 1.807) is 0 Å². The van der Waals surface area contributed by atoms with Crippen molar-refractivity contribution in [2.24, 2.45) is 5.92 Å². The summed E-state index contributed by atoms with van der Waals surface area (Å²) in [5, 5.41) is 4.59. The number of nitrogens with one attached hydrogen (secondary N) is 1. The molecule has 1 N–H and O–H groups in total. The first-order valence-corrected chi connectivity index (χ1v) is 7.42. The first-order chi connectivity index (χ1) is 9.61. The van der Waals surface area contributed by atoms with E-state index in [1.807, 2.05) is 0 Å². The van der Waals surface area contributed by atoms with Crippen LogP contribution in [0.2, 0.25) is 0 Å². The van der Waals surface area contributed by atoms with Gasteiger partial charge in [-0.05, 0) is 24.6 Å². The molecule has 0 spiro atoms. The van der Waals surface area contributed by atoms with Crippen molar-refractivity contribution < 1.29 is 0 Å². The summed E-state index contributed by atoms with van der Waals surface area (Å²) in [5.41, 5.74) is 3.46. The molecule has 1 heterocycles. The molecular weight excluding hydrogens is 246 g/mol. The van der Waals surface area contributed by atoms with E-state index in [9.17, 15) is 0 Å². The van der Waals surface area contributed by atoms with Crippen molar-refractivity contribution in [3.8, 4) is 0 Å². The lowest BCUT2D eigenvalue weighted by Gasteiger charge is -2.23. The summed E-state index contributed by atoms with van der Waals surface area (Å²) >= 11 is 0. The van der Waals surface area contributed by atoms with E-state index >= 15 is 0 Å². The Morgan fingerprint density at radius 2 is 2.00 bits per heavy atom. The van der Waals surface area contributed by atoms with Crippen LogP contribution in [0, 0.1) is 5.92 Å². The minimum Gasteiger partial charge on any atom is -0.374 e. The van der Waals surface area contributed by atoms with Crippen molar-refractivity contribution in [1.29, 1.82) is 0 Å². The molecular formula is C17H25N3. The molecule has 1 aromatic heterocycles. The highest BCUT2D eigenvalue weighted by Crippen LogP contribution is 2.26. The first kappa shape index (κ1) is 14.8. The van der Waals surface area contributed by atoms with Crippen LogP contribution in [0.3, 0.4) is 0 Å². The lowest BCUT2D eigenvalue weighted by atomic mass is 10.1. The average molecular weight is 271 g/mol. The Morgan fingerprint density at radius 3 is 2.70 bits per heavy atom. The largest absolute Gasteiger partial charge is 0.374 e. The summed E-state index contributed by atoms with van der Waals surface area (Å²) < 4.78 is 0. The van der Waals surface area contributed by atoms with Crippen LogP contribution in [0.5, 0.6) is 0 Å². The molecule has 3 nitrogen and oxygen atoms in total. The maximum absolute atomic E-state index is 4.75. The first-order valence-electron chi connectivity index (χ1n) is 7.42. The number of pyridine rings is 1. The number of nitrogens with zero attached hydrogens (tertiary/aromatic N) is 2. The Kier molecular flexibility index (Phi) is 4.96. The highest BCUT2D eigenvalue weighted by atomic mass is 15.1. The van der Waals surface area contributed by atoms with Crippen molar-refractivity contribution in [1.82, 2.24) is 10.3 Å². The van der Waals surface area contributed by atoms with Gasteiger partial charge in [-0.25, -0.2) is 0 Å². The number of benzene rings is 1. The molecule has 0 amide bonds. The topological polar surface area (TPSA) is 28.2 Å². The van der Waals surface area contributed by atoms with Gasteiger partial charge in [0.15, 0.2) is 0 Å². The third-order valence-electron chi connectivity index (χ3n) is 3.35. The zero-order chi connectivity index (χ0) is 14.5. The summed E-state index contributed by atoms with van der Waals surface area (Å²) in [6, 6.07) is 10.6. The van der Waals surface area contributed by atoms with Gasteiger partial charge in [0.25, 0.3) is 0 Å². The summed E-state index contributed by atoms with van der Waals surface area (Å²) in [5.74, 6) is 0.643. The van der Waals surface area contributed by atoms with E-state index in [0.29, 0.717) is 5.92 Å². The number of anilines is 1. The van der Waals surface area contributed by atoms with Crippen LogP contribution in [-0.4, -0.2) is 25.1 Å². The molecule has 3 heteroatoms. The Bertz CT molecular complexity index is 563. The van der Waals surface area contributed by atoms with Crippen molar-refractivity contribution in [3.63, 3.8) is 0 Å². The zero-order valence-electron chi connectivity index (χ0n) is 13.0. The lowest BCUT2D eigenvalue weighted by molar-refractivity contribution is 0.638.